The third kappa shape index (κ3) is 1.87. The first-order chi connectivity index (χ1) is 7.83. The number of hydrogen-bond acceptors (Lipinski definition) is 2. The second-order valence-electron chi connectivity index (χ2n) is 4.84. The van der Waals surface area contributed by atoms with Crippen molar-refractivity contribution in [1.29, 1.82) is 0 Å². The molecule has 1 unspecified atom stereocenters. The number of hydrogen-bond donors (Lipinski definition) is 2. The summed E-state index contributed by atoms with van der Waals surface area (Å²) in [7, 11) is 0. The average molecular weight is 219 g/mol. The Kier molecular flexibility index (Phi) is 3.62. The van der Waals surface area contributed by atoms with Crippen molar-refractivity contribution in [1.82, 2.24) is 0 Å². The number of nitrogens with two attached hydrogens (primary N) is 1. The third-order valence-electron chi connectivity index (χ3n) is 4.13. The fraction of sp³-hybridized carbons (Fsp3) is 0.571. The van der Waals surface area contributed by atoms with Gasteiger partial charge in [-0.2, -0.15) is 0 Å². The quantitative estimate of drug-likeness (QED) is 0.814. The van der Waals surface area contributed by atoms with Crippen molar-refractivity contribution >= 4 is 0 Å². The fourth-order valence-corrected chi connectivity index (χ4v) is 3.18. The zero-order chi connectivity index (χ0) is 11.4. The number of aliphatic hydroxyl groups is 1. The van der Waals surface area contributed by atoms with E-state index in [9.17, 15) is 5.11 Å². The lowest BCUT2D eigenvalue weighted by molar-refractivity contribution is 0.154. The van der Waals surface area contributed by atoms with Gasteiger partial charge in [0.2, 0.25) is 0 Å². The lowest BCUT2D eigenvalue weighted by atomic mass is 9.69. The molecule has 1 aromatic carbocycles. The maximum Gasteiger partial charge on any atom is 0.0479 e. The van der Waals surface area contributed by atoms with Gasteiger partial charge in [0.1, 0.15) is 0 Å². The highest BCUT2D eigenvalue weighted by atomic mass is 16.3. The van der Waals surface area contributed by atoms with Crippen LogP contribution in [0.15, 0.2) is 30.3 Å². The van der Waals surface area contributed by atoms with E-state index in [-0.39, 0.29) is 17.9 Å². The zero-order valence-corrected chi connectivity index (χ0v) is 9.73. The fourth-order valence-electron chi connectivity index (χ4n) is 3.18. The first-order valence-electron chi connectivity index (χ1n) is 6.20. The van der Waals surface area contributed by atoms with Crippen LogP contribution in [0.3, 0.4) is 0 Å². The van der Waals surface area contributed by atoms with E-state index in [4.69, 9.17) is 5.73 Å². The minimum absolute atomic E-state index is 0.130. The van der Waals surface area contributed by atoms with Gasteiger partial charge < -0.3 is 10.8 Å². The Labute approximate surface area is 97.5 Å². The molecule has 0 saturated heterocycles. The van der Waals surface area contributed by atoms with Gasteiger partial charge in [0.25, 0.3) is 0 Å². The Balaban J connectivity index is 2.35. The normalized spacial score (nSPS) is 20.9. The molecule has 2 heteroatoms. The van der Waals surface area contributed by atoms with Gasteiger partial charge in [0, 0.05) is 17.9 Å². The first-order valence-corrected chi connectivity index (χ1v) is 6.20. The van der Waals surface area contributed by atoms with Crippen LogP contribution >= 0.6 is 0 Å². The SMILES string of the molecule is NCC(CO)C1(c2ccccc2)CCCC1. The lowest BCUT2D eigenvalue weighted by Gasteiger charge is -2.36. The van der Waals surface area contributed by atoms with E-state index < -0.39 is 0 Å². The van der Waals surface area contributed by atoms with Crippen LogP contribution in [0.1, 0.15) is 31.2 Å². The molecule has 0 aliphatic heterocycles. The van der Waals surface area contributed by atoms with Gasteiger partial charge >= 0.3 is 0 Å². The smallest absolute Gasteiger partial charge is 0.0479 e. The largest absolute Gasteiger partial charge is 0.396 e. The second kappa shape index (κ2) is 4.98. The average Bonchev–Trinajstić information content (AvgIpc) is 2.82. The Morgan fingerprint density at radius 3 is 2.31 bits per heavy atom. The van der Waals surface area contributed by atoms with E-state index in [1.807, 2.05) is 6.07 Å². The topological polar surface area (TPSA) is 46.2 Å². The molecule has 1 fully saturated rings. The molecule has 3 N–H and O–H groups in total. The van der Waals surface area contributed by atoms with Crippen molar-refractivity contribution in [2.24, 2.45) is 11.7 Å². The Hall–Kier alpha value is -0.860. The molecular weight excluding hydrogens is 198 g/mol. The van der Waals surface area contributed by atoms with Gasteiger partial charge in [-0.25, -0.2) is 0 Å². The summed E-state index contributed by atoms with van der Waals surface area (Å²) in [4.78, 5) is 0. The highest BCUT2D eigenvalue weighted by Gasteiger charge is 2.41. The molecule has 1 saturated carbocycles. The monoisotopic (exact) mass is 219 g/mol. The molecule has 1 aliphatic carbocycles. The number of benzene rings is 1. The van der Waals surface area contributed by atoms with Crippen LogP contribution in [0, 0.1) is 5.92 Å². The van der Waals surface area contributed by atoms with Crippen LogP contribution in [-0.4, -0.2) is 18.3 Å². The van der Waals surface area contributed by atoms with Crippen molar-refractivity contribution in [3.05, 3.63) is 35.9 Å². The van der Waals surface area contributed by atoms with Crippen LogP contribution in [0.4, 0.5) is 0 Å². The summed E-state index contributed by atoms with van der Waals surface area (Å²) >= 11 is 0. The van der Waals surface area contributed by atoms with Crippen molar-refractivity contribution < 1.29 is 5.11 Å². The predicted molar refractivity (Wildman–Crippen MR) is 66.2 cm³/mol. The number of rotatable bonds is 4. The number of aliphatic hydroxyl groups excluding tert-OH is 1. The molecule has 0 heterocycles. The second-order valence-corrected chi connectivity index (χ2v) is 4.84. The molecule has 88 valence electrons. The molecule has 16 heavy (non-hydrogen) atoms. The summed E-state index contributed by atoms with van der Waals surface area (Å²) in [6.45, 7) is 0.775. The molecule has 0 amide bonds. The van der Waals surface area contributed by atoms with E-state index >= 15 is 0 Å². The predicted octanol–water partition coefficient (Wildman–Crippen LogP) is 2.07. The molecule has 0 radical (unpaired) electrons. The van der Waals surface area contributed by atoms with Crippen LogP contribution in [0.25, 0.3) is 0 Å². The van der Waals surface area contributed by atoms with E-state index in [1.165, 1.54) is 31.2 Å². The summed E-state index contributed by atoms with van der Waals surface area (Å²) in [6, 6.07) is 10.6. The van der Waals surface area contributed by atoms with Crippen molar-refractivity contribution in [2.75, 3.05) is 13.2 Å². The molecule has 1 atom stereocenters. The van der Waals surface area contributed by atoms with Crippen LogP contribution in [-0.2, 0) is 5.41 Å². The maximum absolute atomic E-state index is 9.53. The van der Waals surface area contributed by atoms with Gasteiger partial charge in [0.05, 0.1) is 0 Å². The summed E-state index contributed by atoms with van der Waals surface area (Å²) < 4.78 is 0. The summed E-state index contributed by atoms with van der Waals surface area (Å²) in [5.74, 6) is 0.206. The standard InChI is InChI=1S/C14H21NO/c15-10-13(11-16)14(8-4-5-9-14)12-6-2-1-3-7-12/h1-3,6-7,13,16H,4-5,8-11,15H2. The molecule has 2 nitrogen and oxygen atoms in total. The highest BCUT2D eigenvalue weighted by molar-refractivity contribution is 5.28. The summed E-state index contributed by atoms with van der Waals surface area (Å²) in [5.41, 5.74) is 7.31. The summed E-state index contributed by atoms with van der Waals surface area (Å²) in [6.07, 6.45) is 4.84. The first kappa shape index (κ1) is 11.6. The van der Waals surface area contributed by atoms with Gasteiger partial charge in [-0.1, -0.05) is 43.2 Å². The van der Waals surface area contributed by atoms with Crippen LogP contribution < -0.4 is 5.73 Å². The van der Waals surface area contributed by atoms with Gasteiger partial charge in [-0.3, -0.25) is 0 Å². The van der Waals surface area contributed by atoms with E-state index in [0.717, 1.165) is 0 Å². The minimum Gasteiger partial charge on any atom is -0.396 e. The van der Waals surface area contributed by atoms with E-state index in [2.05, 4.69) is 24.3 Å². The van der Waals surface area contributed by atoms with Gasteiger partial charge in [-0.05, 0) is 24.9 Å². The highest BCUT2D eigenvalue weighted by Crippen LogP contribution is 2.46. The van der Waals surface area contributed by atoms with Crippen molar-refractivity contribution in [3.63, 3.8) is 0 Å². The lowest BCUT2D eigenvalue weighted by Crippen LogP contribution is -2.39. The van der Waals surface area contributed by atoms with Crippen molar-refractivity contribution in [3.8, 4) is 0 Å². The zero-order valence-electron chi connectivity index (χ0n) is 9.73. The maximum atomic E-state index is 9.53. The third-order valence-corrected chi connectivity index (χ3v) is 4.13. The molecule has 0 bridgehead atoms. The molecular formula is C14H21NO. The van der Waals surface area contributed by atoms with Crippen LogP contribution in [0.5, 0.6) is 0 Å². The molecule has 0 aromatic heterocycles. The minimum atomic E-state index is 0.130. The van der Waals surface area contributed by atoms with Gasteiger partial charge in [-0.15, -0.1) is 0 Å². The molecule has 1 aliphatic rings. The Morgan fingerprint density at radius 2 is 1.81 bits per heavy atom. The van der Waals surface area contributed by atoms with E-state index in [1.54, 1.807) is 0 Å². The van der Waals surface area contributed by atoms with Crippen LogP contribution in [0.2, 0.25) is 0 Å². The van der Waals surface area contributed by atoms with Crippen molar-refractivity contribution in [2.45, 2.75) is 31.1 Å². The molecule has 0 spiro atoms. The van der Waals surface area contributed by atoms with Gasteiger partial charge in [0.15, 0.2) is 0 Å². The summed E-state index contributed by atoms with van der Waals surface area (Å²) in [5, 5.41) is 9.53. The molecule has 1 aromatic rings. The molecule has 2 rings (SSSR count). The Bertz CT molecular complexity index is 313. The van der Waals surface area contributed by atoms with E-state index in [0.29, 0.717) is 6.54 Å². The Morgan fingerprint density at radius 1 is 1.19 bits per heavy atom.